The van der Waals surface area contributed by atoms with Crippen LogP contribution in [0.1, 0.15) is 31.7 Å². The predicted octanol–water partition coefficient (Wildman–Crippen LogP) is 2.35. The van der Waals surface area contributed by atoms with Gasteiger partial charge in [0.15, 0.2) is 0 Å². The monoisotopic (exact) mass is 264 g/mol. The molecule has 104 valence electrons. The molecule has 1 aliphatic rings. The van der Waals surface area contributed by atoms with Gasteiger partial charge in [0, 0.05) is 0 Å². The second-order valence-electron chi connectivity index (χ2n) is 5.26. The number of ether oxygens (including phenoxy) is 1. The Labute approximate surface area is 112 Å². The Hall–Kier alpha value is -1.75. The molecule has 0 spiro atoms. The van der Waals surface area contributed by atoms with E-state index in [2.05, 4.69) is 0 Å². The first-order chi connectivity index (χ1) is 8.97. The smallest absolute Gasteiger partial charge is 0.338 e. The molecule has 0 heterocycles. The van der Waals surface area contributed by atoms with Crippen molar-refractivity contribution in [2.75, 3.05) is 6.54 Å². The quantitative estimate of drug-likeness (QED) is 0.633. The summed E-state index contributed by atoms with van der Waals surface area (Å²) in [6.07, 6.45) is 1.10. The van der Waals surface area contributed by atoms with Crippen molar-refractivity contribution < 1.29 is 14.7 Å². The van der Waals surface area contributed by atoms with Gasteiger partial charge in [0.25, 0.3) is 0 Å². The molecule has 3 N–H and O–H groups in total. The number of rotatable bonds is 5. The van der Waals surface area contributed by atoms with Gasteiger partial charge in [-0.15, -0.1) is 0 Å². The zero-order chi connectivity index (χ0) is 14.0. The number of primary amides is 1. The van der Waals surface area contributed by atoms with Crippen LogP contribution in [0.5, 0.6) is 5.75 Å². The lowest BCUT2D eigenvalue weighted by Gasteiger charge is -2.12. The van der Waals surface area contributed by atoms with Crippen LogP contribution in [0.3, 0.4) is 0 Å². The molecule has 1 fully saturated rings. The van der Waals surface area contributed by atoms with Crippen molar-refractivity contribution in [3.8, 4) is 5.75 Å². The molecule has 2 atom stereocenters. The van der Waals surface area contributed by atoms with E-state index in [1.165, 1.54) is 5.56 Å². The van der Waals surface area contributed by atoms with Crippen LogP contribution in [0.4, 0.5) is 4.79 Å². The molecule has 19 heavy (non-hydrogen) atoms. The molecule has 2 rings (SSSR count). The highest BCUT2D eigenvalue weighted by molar-refractivity contribution is 5.70. The summed E-state index contributed by atoms with van der Waals surface area (Å²) in [5.74, 6) is 1.49. The topological polar surface area (TPSA) is 75.8 Å². The second kappa shape index (κ2) is 5.48. The molecular weight excluding hydrogens is 244 g/mol. The molecule has 0 radical (unpaired) electrons. The van der Waals surface area contributed by atoms with Crippen LogP contribution in [0.2, 0.25) is 0 Å². The highest BCUT2D eigenvalue weighted by atomic mass is 16.5. The number of benzene rings is 1. The predicted molar refractivity (Wildman–Crippen MR) is 71.1 cm³/mol. The number of amides is 2. The molecule has 2 unspecified atom stereocenters. The third-order valence-corrected chi connectivity index (χ3v) is 3.24. The Bertz CT molecular complexity index is 462. The number of carbonyl (C=O) groups is 1. The highest BCUT2D eigenvalue weighted by Crippen LogP contribution is 2.48. The van der Waals surface area contributed by atoms with Crippen LogP contribution < -0.4 is 10.5 Å². The summed E-state index contributed by atoms with van der Waals surface area (Å²) in [7, 11) is 0. The number of urea groups is 1. The lowest BCUT2D eigenvalue weighted by molar-refractivity contribution is -0.0431. The lowest BCUT2D eigenvalue weighted by Crippen LogP contribution is -2.34. The zero-order valence-electron chi connectivity index (χ0n) is 11.2. The molecule has 1 aromatic rings. The lowest BCUT2D eigenvalue weighted by atomic mass is 10.1. The molecule has 1 saturated carbocycles. The Morgan fingerprint density at radius 1 is 1.58 bits per heavy atom. The van der Waals surface area contributed by atoms with Crippen LogP contribution in [-0.4, -0.2) is 29.0 Å². The van der Waals surface area contributed by atoms with Crippen molar-refractivity contribution >= 4 is 6.03 Å². The Kier molecular flexibility index (Phi) is 3.95. The summed E-state index contributed by atoms with van der Waals surface area (Å²) in [6.45, 7) is 4.27. The molecule has 2 amide bonds. The molecule has 5 nitrogen and oxygen atoms in total. The van der Waals surface area contributed by atoms with Gasteiger partial charge in [0.2, 0.25) is 0 Å². The van der Waals surface area contributed by atoms with Crippen molar-refractivity contribution in [3.63, 3.8) is 0 Å². The fraction of sp³-hybridized carbons (Fsp3) is 0.500. The Morgan fingerprint density at radius 3 is 2.95 bits per heavy atom. The third-order valence-electron chi connectivity index (χ3n) is 3.24. The number of hydroxylamine groups is 2. The van der Waals surface area contributed by atoms with E-state index in [1.807, 2.05) is 38.1 Å². The molecular formula is C14H20N2O3. The Morgan fingerprint density at radius 2 is 2.32 bits per heavy atom. The van der Waals surface area contributed by atoms with E-state index in [9.17, 15) is 10.0 Å². The summed E-state index contributed by atoms with van der Waals surface area (Å²) in [5.41, 5.74) is 6.17. The van der Waals surface area contributed by atoms with Crippen LogP contribution in [0, 0.1) is 5.92 Å². The molecule has 1 aromatic carbocycles. The maximum atomic E-state index is 10.8. The Balaban J connectivity index is 1.95. The van der Waals surface area contributed by atoms with E-state index >= 15 is 0 Å². The first kappa shape index (κ1) is 13.7. The number of carbonyl (C=O) groups excluding carboxylic acids is 1. The molecule has 0 bridgehead atoms. The molecule has 0 saturated heterocycles. The first-order valence-corrected chi connectivity index (χ1v) is 6.50. The van der Waals surface area contributed by atoms with E-state index in [0.717, 1.165) is 12.2 Å². The van der Waals surface area contributed by atoms with E-state index in [-0.39, 0.29) is 18.6 Å². The summed E-state index contributed by atoms with van der Waals surface area (Å²) in [6, 6.07) is 7.17. The number of nitrogens with two attached hydrogens (primary N) is 1. The normalized spacial score (nSPS) is 21.3. The van der Waals surface area contributed by atoms with Gasteiger partial charge in [-0.1, -0.05) is 12.1 Å². The molecule has 0 aromatic heterocycles. The van der Waals surface area contributed by atoms with Gasteiger partial charge >= 0.3 is 6.03 Å². The molecule has 5 heteroatoms. The highest BCUT2D eigenvalue weighted by Gasteiger charge is 2.40. The maximum Gasteiger partial charge on any atom is 0.338 e. The molecule has 0 aliphatic heterocycles. The fourth-order valence-electron chi connectivity index (χ4n) is 2.26. The summed E-state index contributed by atoms with van der Waals surface area (Å²) in [5, 5.41) is 9.89. The minimum absolute atomic E-state index is 0.146. The van der Waals surface area contributed by atoms with Crippen LogP contribution in [0.25, 0.3) is 0 Å². The van der Waals surface area contributed by atoms with Gasteiger partial charge in [-0.2, -0.15) is 0 Å². The van der Waals surface area contributed by atoms with E-state index in [1.54, 1.807) is 0 Å². The van der Waals surface area contributed by atoms with Crippen molar-refractivity contribution in [3.05, 3.63) is 29.8 Å². The average Bonchev–Trinajstić information content (AvgIpc) is 3.07. The van der Waals surface area contributed by atoms with E-state index in [0.29, 0.717) is 11.0 Å². The van der Waals surface area contributed by atoms with Crippen molar-refractivity contribution in [2.45, 2.75) is 32.3 Å². The SMILES string of the molecule is CC(C)Oc1cccc(C2CC2CN(O)C(N)=O)c1. The van der Waals surface area contributed by atoms with Gasteiger partial charge in [-0.25, -0.2) is 9.86 Å². The second-order valence-corrected chi connectivity index (χ2v) is 5.26. The first-order valence-electron chi connectivity index (χ1n) is 6.50. The minimum atomic E-state index is -0.803. The van der Waals surface area contributed by atoms with Crippen molar-refractivity contribution in [2.24, 2.45) is 11.7 Å². The van der Waals surface area contributed by atoms with Gasteiger partial charge in [0.1, 0.15) is 5.75 Å². The van der Waals surface area contributed by atoms with Crippen molar-refractivity contribution in [1.29, 1.82) is 0 Å². The van der Waals surface area contributed by atoms with Crippen LogP contribution in [-0.2, 0) is 0 Å². The number of hydrogen-bond acceptors (Lipinski definition) is 3. The summed E-state index contributed by atoms with van der Waals surface area (Å²) >= 11 is 0. The van der Waals surface area contributed by atoms with E-state index in [4.69, 9.17) is 10.5 Å². The van der Waals surface area contributed by atoms with Gasteiger partial charge in [0.05, 0.1) is 12.6 Å². The standard InChI is InChI=1S/C14H20N2O3/c1-9(2)19-12-5-3-4-10(6-12)13-7-11(13)8-16(18)14(15)17/h3-6,9,11,13,18H,7-8H2,1-2H3,(H2,15,17). The van der Waals surface area contributed by atoms with Gasteiger partial charge in [-0.3, -0.25) is 5.21 Å². The van der Waals surface area contributed by atoms with Crippen LogP contribution >= 0.6 is 0 Å². The minimum Gasteiger partial charge on any atom is -0.491 e. The van der Waals surface area contributed by atoms with Gasteiger partial charge in [-0.05, 0) is 49.8 Å². The zero-order valence-corrected chi connectivity index (χ0v) is 11.2. The van der Waals surface area contributed by atoms with Crippen molar-refractivity contribution in [1.82, 2.24) is 5.06 Å². The number of hydrogen-bond donors (Lipinski definition) is 2. The summed E-state index contributed by atoms with van der Waals surface area (Å²) in [4.78, 5) is 10.8. The van der Waals surface area contributed by atoms with Gasteiger partial charge < -0.3 is 10.5 Å². The average molecular weight is 264 g/mol. The number of nitrogens with zero attached hydrogens (tertiary/aromatic N) is 1. The van der Waals surface area contributed by atoms with Crippen LogP contribution in [0.15, 0.2) is 24.3 Å². The third kappa shape index (κ3) is 3.61. The fourth-order valence-corrected chi connectivity index (χ4v) is 2.26. The molecule has 1 aliphatic carbocycles. The van der Waals surface area contributed by atoms with E-state index < -0.39 is 6.03 Å². The maximum absolute atomic E-state index is 10.8. The largest absolute Gasteiger partial charge is 0.491 e. The summed E-state index contributed by atoms with van der Waals surface area (Å²) < 4.78 is 5.65.